The molecule has 0 atom stereocenters. The van der Waals surface area contributed by atoms with Gasteiger partial charge < -0.3 is 15.3 Å². The number of nitrogens with one attached hydrogen (secondary N) is 1. The molecule has 0 aliphatic carbocycles. The van der Waals surface area contributed by atoms with Crippen LogP contribution >= 0.6 is 0 Å². The molecule has 0 fully saturated rings. The van der Waals surface area contributed by atoms with Gasteiger partial charge in [0.05, 0.1) is 23.8 Å². The molecule has 0 bridgehead atoms. The monoisotopic (exact) mass is 275 g/mol. The zero-order valence-corrected chi connectivity index (χ0v) is 12.4. The summed E-state index contributed by atoms with van der Waals surface area (Å²) in [4.78, 5) is 13.7. The number of urea groups is 1. The number of likely N-dealkylation sites (N-methyl/N-ethyl adjacent to an activating group) is 1. The standard InChI is InChI=1S/C15H21N3O2/c1-5-18(10-15(3,4)20)14(19)17-13-8-12(9-16)7-6-11(13)2/h6-8,20H,5,10H2,1-4H3,(H,17,19). The fourth-order valence-electron chi connectivity index (χ4n) is 1.81. The van der Waals surface area contributed by atoms with Crippen molar-refractivity contribution in [3.8, 4) is 6.07 Å². The maximum Gasteiger partial charge on any atom is 0.321 e. The van der Waals surface area contributed by atoms with Gasteiger partial charge in [-0.05, 0) is 45.4 Å². The third-order valence-electron chi connectivity index (χ3n) is 2.86. The number of aliphatic hydroxyl groups is 1. The molecule has 0 aliphatic rings. The predicted molar refractivity (Wildman–Crippen MR) is 78.5 cm³/mol. The van der Waals surface area contributed by atoms with Gasteiger partial charge in [0.2, 0.25) is 0 Å². The number of carbonyl (C=O) groups excluding carboxylic acids is 1. The first kappa shape index (κ1) is 16.0. The molecule has 0 radical (unpaired) electrons. The van der Waals surface area contributed by atoms with E-state index >= 15 is 0 Å². The molecule has 20 heavy (non-hydrogen) atoms. The molecular formula is C15H21N3O2. The van der Waals surface area contributed by atoms with Crippen LogP contribution in [0.1, 0.15) is 31.9 Å². The molecule has 0 saturated heterocycles. The van der Waals surface area contributed by atoms with Crippen LogP contribution in [0.2, 0.25) is 0 Å². The Kier molecular flexibility index (Phi) is 5.12. The Morgan fingerprint density at radius 2 is 2.15 bits per heavy atom. The van der Waals surface area contributed by atoms with E-state index in [1.807, 2.05) is 19.9 Å². The van der Waals surface area contributed by atoms with E-state index < -0.39 is 5.60 Å². The Morgan fingerprint density at radius 1 is 1.50 bits per heavy atom. The van der Waals surface area contributed by atoms with E-state index in [2.05, 4.69) is 5.32 Å². The normalized spacial score (nSPS) is 10.8. The molecule has 5 heteroatoms. The average Bonchev–Trinajstić information content (AvgIpc) is 2.37. The number of hydrogen-bond acceptors (Lipinski definition) is 3. The fourth-order valence-corrected chi connectivity index (χ4v) is 1.81. The summed E-state index contributed by atoms with van der Waals surface area (Å²) in [6.07, 6.45) is 0. The maximum atomic E-state index is 12.2. The van der Waals surface area contributed by atoms with Crippen LogP contribution in [-0.2, 0) is 0 Å². The lowest BCUT2D eigenvalue weighted by molar-refractivity contribution is 0.0501. The van der Waals surface area contributed by atoms with Crippen LogP contribution in [0.3, 0.4) is 0 Å². The molecule has 1 rings (SSSR count). The first-order valence-electron chi connectivity index (χ1n) is 6.56. The van der Waals surface area contributed by atoms with E-state index in [1.54, 1.807) is 32.0 Å². The summed E-state index contributed by atoms with van der Waals surface area (Å²) in [5, 5.41) is 21.5. The molecule has 0 spiro atoms. The Labute approximate surface area is 119 Å². The van der Waals surface area contributed by atoms with E-state index in [1.165, 1.54) is 4.90 Å². The lowest BCUT2D eigenvalue weighted by Crippen LogP contribution is -2.44. The Morgan fingerprint density at radius 3 is 2.65 bits per heavy atom. The summed E-state index contributed by atoms with van der Waals surface area (Å²) in [6, 6.07) is 6.90. The second-order valence-corrected chi connectivity index (χ2v) is 5.40. The third kappa shape index (κ3) is 4.56. The van der Waals surface area contributed by atoms with Crippen molar-refractivity contribution in [1.29, 1.82) is 5.26 Å². The highest BCUT2D eigenvalue weighted by Gasteiger charge is 2.21. The minimum atomic E-state index is -0.948. The minimum Gasteiger partial charge on any atom is -0.389 e. The van der Waals surface area contributed by atoms with Crippen molar-refractivity contribution < 1.29 is 9.90 Å². The van der Waals surface area contributed by atoms with Crippen molar-refractivity contribution in [3.63, 3.8) is 0 Å². The molecule has 5 nitrogen and oxygen atoms in total. The second kappa shape index (κ2) is 6.40. The van der Waals surface area contributed by atoms with Crippen LogP contribution in [0.15, 0.2) is 18.2 Å². The summed E-state index contributed by atoms with van der Waals surface area (Å²) >= 11 is 0. The Hall–Kier alpha value is -2.06. The van der Waals surface area contributed by atoms with Crippen LogP contribution in [0, 0.1) is 18.3 Å². The lowest BCUT2D eigenvalue weighted by atomic mass is 10.1. The smallest absolute Gasteiger partial charge is 0.321 e. The van der Waals surface area contributed by atoms with Crippen molar-refractivity contribution in [3.05, 3.63) is 29.3 Å². The van der Waals surface area contributed by atoms with Crippen molar-refractivity contribution in [2.24, 2.45) is 0 Å². The summed E-state index contributed by atoms with van der Waals surface area (Å²) in [7, 11) is 0. The van der Waals surface area contributed by atoms with Crippen molar-refractivity contribution in [1.82, 2.24) is 4.90 Å². The van der Waals surface area contributed by atoms with Gasteiger partial charge in [-0.25, -0.2) is 4.79 Å². The first-order valence-corrected chi connectivity index (χ1v) is 6.56. The van der Waals surface area contributed by atoms with Crippen molar-refractivity contribution in [2.45, 2.75) is 33.3 Å². The van der Waals surface area contributed by atoms with Gasteiger partial charge in [0.15, 0.2) is 0 Å². The van der Waals surface area contributed by atoms with E-state index in [-0.39, 0.29) is 12.6 Å². The molecule has 2 amide bonds. The summed E-state index contributed by atoms with van der Waals surface area (Å²) in [5.41, 5.74) is 1.05. The number of nitriles is 1. The number of amides is 2. The van der Waals surface area contributed by atoms with Gasteiger partial charge in [0, 0.05) is 12.2 Å². The molecular weight excluding hydrogens is 254 g/mol. The van der Waals surface area contributed by atoms with Crippen molar-refractivity contribution in [2.75, 3.05) is 18.4 Å². The highest BCUT2D eigenvalue weighted by atomic mass is 16.3. The van der Waals surface area contributed by atoms with Crippen LogP contribution in [0.25, 0.3) is 0 Å². The topological polar surface area (TPSA) is 76.4 Å². The van der Waals surface area contributed by atoms with E-state index in [9.17, 15) is 9.90 Å². The van der Waals surface area contributed by atoms with Crippen LogP contribution in [-0.4, -0.2) is 34.7 Å². The fraction of sp³-hybridized carbons (Fsp3) is 0.467. The van der Waals surface area contributed by atoms with Gasteiger partial charge >= 0.3 is 6.03 Å². The lowest BCUT2D eigenvalue weighted by Gasteiger charge is -2.28. The SMILES string of the molecule is CCN(CC(C)(C)O)C(=O)Nc1cc(C#N)ccc1C. The number of nitrogens with zero attached hydrogens (tertiary/aromatic N) is 2. The number of aryl methyl sites for hydroxylation is 1. The maximum absolute atomic E-state index is 12.2. The number of anilines is 1. The molecule has 2 N–H and O–H groups in total. The van der Waals surface area contributed by atoms with Gasteiger partial charge in [-0.2, -0.15) is 5.26 Å². The summed E-state index contributed by atoms with van der Waals surface area (Å²) in [5.74, 6) is 0. The van der Waals surface area contributed by atoms with Crippen LogP contribution in [0.4, 0.5) is 10.5 Å². The van der Waals surface area contributed by atoms with E-state index in [0.717, 1.165) is 5.56 Å². The van der Waals surface area contributed by atoms with Gasteiger partial charge in [-0.1, -0.05) is 6.07 Å². The molecule has 0 aliphatic heterocycles. The Bertz CT molecular complexity index is 527. The average molecular weight is 275 g/mol. The molecule has 1 aromatic rings. The van der Waals surface area contributed by atoms with Crippen LogP contribution < -0.4 is 5.32 Å². The predicted octanol–water partition coefficient (Wildman–Crippen LogP) is 2.49. The van der Waals surface area contributed by atoms with Gasteiger partial charge in [0.1, 0.15) is 0 Å². The zero-order valence-electron chi connectivity index (χ0n) is 12.4. The van der Waals surface area contributed by atoms with Gasteiger partial charge in [-0.15, -0.1) is 0 Å². The van der Waals surface area contributed by atoms with E-state index in [4.69, 9.17) is 5.26 Å². The number of hydrogen-bond donors (Lipinski definition) is 2. The van der Waals surface area contributed by atoms with Crippen LogP contribution in [0.5, 0.6) is 0 Å². The highest BCUT2D eigenvalue weighted by Crippen LogP contribution is 2.17. The zero-order chi connectivity index (χ0) is 15.3. The first-order chi connectivity index (χ1) is 9.26. The number of rotatable bonds is 4. The quantitative estimate of drug-likeness (QED) is 0.886. The third-order valence-corrected chi connectivity index (χ3v) is 2.86. The largest absolute Gasteiger partial charge is 0.389 e. The molecule has 0 aromatic heterocycles. The van der Waals surface area contributed by atoms with Gasteiger partial charge in [-0.3, -0.25) is 0 Å². The van der Waals surface area contributed by atoms with Gasteiger partial charge in [0.25, 0.3) is 0 Å². The molecule has 108 valence electrons. The minimum absolute atomic E-state index is 0.242. The Balaban J connectivity index is 2.86. The number of carbonyl (C=O) groups is 1. The molecule has 0 unspecified atom stereocenters. The van der Waals surface area contributed by atoms with Crippen molar-refractivity contribution >= 4 is 11.7 Å². The summed E-state index contributed by atoms with van der Waals surface area (Å²) < 4.78 is 0. The molecule has 1 aromatic carbocycles. The summed E-state index contributed by atoms with van der Waals surface area (Å²) in [6.45, 7) is 7.76. The number of benzene rings is 1. The van der Waals surface area contributed by atoms with E-state index in [0.29, 0.717) is 17.8 Å². The molecule has 0 heterocycles. The molecule has 0 saturated carbocycles. The highest BCUT2D eigenvalue weighted by molar-refractivity contribution is 5.90. The second-order valence-electron chi connectivity index (χ2n) is 5.40.